The summed E-state index contributed by atoms with van der Waals surface area (Å²) in [5.74, 6) is 0. The Morgan fingerprint density at radius 2 is 1.80 bits per heavy atom. The summed E-state index contributed by atoms with van der Waals surface area (Å²) in [6.45, 7) is 3.76. The highest BCUT2D eigenvalue weighted by Crippen LogP contribution is 2.26. The van der Waals surface area contributed by atoms with Crippen molar-refractivity contribution < 1.29 is 8.42 Å². The zero-order chi connectivity index (χ0) is 14.9. The molecule has 0 saturated carbocycles. The molecule has 0 spiro atoms. The van der Waals surface area contributed by atoms with Crippen molar-refractivity contribution >= 4 is 37.3 Å². The minimum atomic E-state index is -3.65. The van der Waals surface area contributed by atoms with E-state index in [1.807, 2.05) is 26.0 Å². The predicted octanol–water partition coefficient (Wildman–Crippen LogP) is 3.45. The van der Waals surface area contributed by atoms with E-state index >= 15 is 0 Å². The monoisotopic (exact) mass is 354 g/mol. The Hall–Kier alpha value is -1.53. The Kier molecular flexibility index (Phi) is 4.06. The van der Waals surface area contributed by atoms with Crippen LogP contribution in [-0.2, 0) is 10.0 Å². The molecular formula is C14H15BrN2O2S. The molecule has 0 aliphatic carbocycles. The van der Waals surface area contributed by atoms with Gasteiger partial charge < -0.3 is 5.73 Å². The molecule has 0 fully saturated rings. The van der Waals surface area contributed by atoms with Gasteiger partial charge in [0, 0.05) is 10.2 Å². The normalized spacial score (nSPS) is 11.3. The fourth-order valence-electron chi connectivity index (χ4n) is 1.69. The maximum atomic E-state index is 12.3. The van der Waals surface area contributed by atoms with Gasteiger partial charge in [0.15, 0.2) is 0 Å². The predicted molar refractivity (Wildman–Crippen MR) is 85.3 cm³/mol. The van der Waals surface area contributed by atoms with Crippen molar-refractivity contribution in [3.8, 4) is 0 Å². The molecule has 0 aliphatic rings. The molecule has 0 bridgehead atoms. The van der Waals surface area contributed by atoms with Gasteiger partial charge in [-0.05, 0) is 65.2 Å². The van der Waals surface area contributed by atoms with E-state index in [1.54, 1.807) is 12.1 Å². The molecule has 0 radical (unpaired) electrons. The molecule has 0 unspecified atom stereocenters. The second-order valence-electron chi connectivity index (χ2n) is 4.61. The number of nitrogens with two attached hydrogens (primary N) is 1. The van der Waals surface area contributed by atoms with E-state index in [0.717, 1.165) is 11.1 Å². The van der Waals surface area contributed by atoms with Gasteiger partial charge in [0.25, 0.3) is 10.0 Å². The van der Waals surface area contributed by atoms with E-state index in [0.29, 0.717) is 15.8 Å². The molecule has 2 aromatic rings. The van der Waals surface area contributed by atoms with Gasteiger partial charge in [-0.1, -0.05) is 12.1 Å². The SMILES string of the molecule is Cc1ccc(NS(=O)(=O)c2ccc(C)c(N)c2)c(Br)c1. The summed E-state index contributed by atoms with van der Waals surface area (Å²) in [5, 5.41) is 0. The van der Waals surface area contributed by atoms with Crippen LogP contribution in [0.4, 0.5) is 11.4 Å². The maximum absolute atomic E-state index is 12.3. The van der Waals surface area contributed by atoms with Crippen molar-refractivity contribution in [3.05, 3.63) is 52.0 Å². The molecule has 0 saturated heterocycles. The summed E-state index contributed by atoms with van der Waals surface area (Å²) in [6.07, 6.45) is 0. The van der Waals surface area contributed by atoms with E-state index in [2.05, 4.69) is 20.7 Å². The highest BCUT2D eigenvalue weighted by molar-refractivity contribution is 9.10. The Bertz CT molecular complexity index is 758. The topological polar surface area (TPSA) is 72.2 Å². The average molecular weight is 355 g/mol. The molecule has 2 rings (SSSR count). The second-order valence-corrected chi connectivity index (χ2v) is 7.14. The van der Waals surface area contributed by atoms with Crippen LogP contribution in [0.3, 0.4) is 0 Å². The van der Waals surface area contributed by atoms with E-state index in [4.69, 9.17) is 5.73 Å². The summed E-state index contributed by atoms with van der Waals surface area (Å²) < 4.78 is 27.9. The first-order chi connectivity index (χ1) is 9.29. The van der Waals surface area contributed by atoms with Crippen LogP contribution in [0.1, 0.15) is 11.1 Å². The maximum Gasteiger partial charge on any atom is 0.262 e. The zero-order valence-corrected chi connectivity index (χ0v) is 13.5. The highest BCUT2D eigenvalue weighted by atomic mass is 79.9. The van der Waals surface area contributed by atoms with Crippen molar-refractivity contribution in [2.45, 2.75) is 18.7 Å². The Labute approximate surface area is 127 Å². The molecule has 0 heterocycles. The van der Waals surface area contributed by atoms with Gasteiger partial charge in [0.2, 0.25) is 0 Å². The van der Waals surface area contributed by atoms with Gasteiger partial charge in [0.1, 0.15) is 0 Å². The molecule has 20 heavy (non-hydrogen) atoms. The fraction of sp³-hybridized carbons (Fsp3) is 0.143. The van der Waals surface area contributed by atoms with Crippen LogP contribution in [0.25, 0.3) is 0 Å². The molecule has 4 nitrogen and oxygen atoms in total. The number of nitrogens with one attached hydrogen (secondary N) is 1. The summed E-state index contributed by atoms with van der Waals surface area (Å²) in [7, 11) is -3.65. The molecule has 2 aromatic carbocycles. The summed E-state index contributed by atoms with van der Waals surface area (Å²) in [6, 6.07) is 10.1. The lowest BCUT2D eigenvalue weighted by Gasteiger charge is -2.11. The molecule has 0 aromatic heterocycles. The number of sulfonamides is 1. The Morgan fingerprint density at radius 3 is 2.40 bits per heavy atom. The minimum absolute atomic E-state index is 0.146. The third kappa shape index (κ3) is 3.13. The largest absolute Gasteiger partial charge is 0.398 e. The molecular weight excluding hydrogens is 340 g/mol. The van der Waals surface area contributed by atoms with Gasteiger partial charge in [-0.25, -0.2) is 8.42 Å². The van der Waals surface area contributed by atoms with Crippen molar-refractivity contribution in [1.82, 2.24) is 0 Å². The van der Waals surface area contributed by atoms with Crippen molar-refractivity contribution in [2.24, 2.45) is 0 Å². The van der Waals surface area contributed by atoms with Crippen LogP contribution in [0.2, 0.25) is 0 Å². The van der Waals surface area contributed by atoms with Crippen LogP contribution in [0.15, 0.2) is 45.8 Å². The summed E-state index contributed by atoms with van der Waals surface area (Å²) in [4.78, 5) is 0.146. The van der Waals surface area contributed by atoms with Crippen LogP contribution in [-0.4, -0.2) is 8.42 Å². The van der Waals surface area contributed by atoms with Crippen LogP contribution < -0.4 is 10.5 Å². The van der Waals surface area contributed by atoms with E-state index in [1.165, 1.54) is 12.1 Å². The van der Waals surface area contributed by atoms with E-state index in [-0.39, 0.29) is 4.90 Å². The lowest BCUT2D eigenvalue weighted by Crippen LogP contribution is -2.13. The summed E-state index contributed by atoms with van der Waals surface area (Å²) in [5.41, 5.74) is 8.60. The third-order valence-corrected chi connectivity index (χ3v) is 4.95. The lowest BCUT2D eigenvalue weighted by atomic mass is 10.2. The first kappa shape index (κ1) is 14.9. The van der Waals surface area contributed by atoms with Crippen LogP contribution in [0, 0.1) is 13.8 Å². The molecule has 3 N–H and O–H groups in total. The number of benzene rings is 2. The molecule has 6 heteroatoms. The van der Waals surface area contributed by atoms with Gasteiger partial charge in [-0.2, -0.15) is 0 Å². The van der Waals surface area contributed by atoms with Crippen molar-refractivity contribution in [1.29, 1.82) is 0 Å². The van der Waals surface area contributed by atoms with Gasteiger partial charge in [-0.3, -0.25) is 4.72 Å². The smallest absolute Gasteiger partial charge is 0.262 e. The molecule has 106 valence electrons. The second kappa shape index (κ2) is 5.46. The first-order valence-corrected chi connectivity index (χ1v) is 8.22. The number of rotatable bonds is 3. The molecule has 0 amide bonds. The number of halogens is 1. The van der Waals surface area contributed by atoms with E-state index in [9.17, 15) is 8.42 Å². The molecule has 0 aliphatic heterocycles. The Balaban J connectivity index is 2.38. The number of hydrogen-bond acceptors (Lipinski definition) is 3. The number of anilines is 2. The van der Waals surface area contributed by atoms with Crippen molar-refractivity contribution in [3.63, 3.8) is 0 Å². The minimum Gasteiger partial charge on any atom is -0.398 e. The number of nitrogen functional groups attached to an aromatic ring is 1. The highest BCUT2D eigenvalue weighted by Gasteiger charge is 2.16. The quantitative estimate of drug-likeness (QED) is 0.829. The first-order valence-electron chi connectivity index (χ1n) is 5.95. The third-order valence-electron chi connectivity index (χ3n) is 2.93. The van der Waals surface area contributed by atoms with Gasteiger partial charge >= 0.3 is 0 Å². The average Bonchev–Trinajstić information content (AvgIpc) is 2.36. The lowest BCUT2D eigenvalue weighted by molar-refractivity contribution is 0.601. The van der Waals surface area contributed by atoms with Gasteiger partial charge in [0.05, 0.1) is 10.6 Å². The zero-order valence-electron chi connectivity index (χ0n) is 11.1. The van der Waals surface area contributed by atoms with Crippen molar-refractivity contribution in [2.75, 3.05) is 10.5 Å². The fourth-order valence-corrected chi connectivity index (χ4v) is 3.53. The van der Waals surface area contributed by atoms with E-state index < -0.39 is 10.0 Å². The van der Waals surface area contributed by atoms with Crippen LogP contribution in [0.5, 0.6) is 0 Å². The standard InChI is InChI=1S/C14H15BrN2O2S/c1-9-3-6-14(12(15)7-9)17-20(18,19)11-5-4-10(2)13(16)8-11/h3-8,17H,16H2,1-2H3. The molecule has 0 atom stereocenters. The number of aryl methyl sites for hydroxylation is 2. The van der Waals surface area contributed by atoms with Gasteiger partial charge in [-0.15, -0.1) is 0 Å². The van der Waals surface area contributed by atoms with Crippen LogP contribution >= 0.6 is 15.9 Å². The summed E-state index contributed by atoms with van der Waals surface area (Å²) >= 11 is 3.35. The number of hydrogen-bond donors (Lipinski definition) is 2. The Morgan fingerprint density at radius 1 is 1.10 bits per heavy atom.